The maximum Gasteiger partial charge on any atom is 0.300 e. The average molecular weight is 256 g/mol. The molecule has 104 valence electrons. The van der Waals surface area contributed by atoms with E-state index in [-0.39, 0.29) is 0 Å². The van der Waals surface area contributed by atoms with Gasteiger partial charge in [-0.2, -0.15) is 0 Å². The van der Waals surface area contributed by atoms with E-state index >= 15 is 0 Å². The summed E-state index contributed by atoms with van der Waals surface area (Å²) >= 11 is 0. The van der Waals surface area contributed by atoms with Crippen molar-refractivity contribution in [1.29, 1.82) is 0 Å². The van der Waals surface area contributed by atoms with Crippen molar-refractivity contribution in [2.75, 3.05) is 26.4 Å². The summed E-state index contributed by atoms with van der Waals surface area (Å²) in [4.78, 5) is 18.0. The third-order valence-corrected chi connectivity index (χ3v) is 1.34. The SMILES string of the molecule is CC(=O)O.CC(=O)O.OCC(CO)(CO)CO. The molecule has 0 amide bonds. The van der Waals surface area contributed by atoms with Crippen LogP contribution in [0.3, 0.4) is 0 Å². The van der Waals surface area contributed by atoms with Crippen LogP contribution >= 0.6 is 0 Å². The fraction of sp³-hybridized carbons (Fsp3) is 0.778. The number of carboxylic acid groups (broad SMARTS) is 2. The second kappa shape index (κ2) is 12.8. The van der Waals surface area contributed by atoms with Crippen LogP contribution in [0.2, 0.25) is 0 Å². The van der Waals surface area contributed by atoms with Gasteiger partial charge in [-0.15, -0.1) is 0 Å². The normalized spacial score (nSPS) is 9.29. The number of rotatable bonds is 4. The molecule has 0 heterocycles. The van der Waals surface area contributed by atoms with Crippen LogP contribution in [0.4, 0.5) is 0 Å². The first kappa shape index (κ1) is 21.1. The minimum atomic E-state index is -1.11. The van der Waals surface area contributed by atoms with Gasteiger partial charge in [-0.25, -0.2) is 0 Å². The molecule has 0 aromatic carbocycles. The van der Waals surface area contributed by atoms with Gasteiger partial charge >= 0.3 is 0 Å². The van der Waals surface area contributed by atoms with Crippen molar-refractivity contribution in [3.8, 4) is 0 Å². The largest absolute Gasteiger partial charge is 0.481 e. The Balaban J connectivity index is -0.000000205. The first-order chi connectivity index (χ1) is 7.71. The van der Waals surface area contributed by atoms with Gasteiger partial charge in [-0.05, 0) is 0 Å². The minimum Gasteiger partial charge on any atom is -0.481 e. The van der Waals surface area contributed by atoms with Crippen molar-refractivity contribution in [3.63, 3.8) is 0 Å². The molecule has 0 aliphatic rings. The Labute approximate surface area is 98.8 Å². The molecule has 0 bridgehead atoms. The molecule has 8 nitrogen and oxygen atoms in total. The van der Waals surface area contributed by atoms with E-state index in [1.165, 1.54) is 0 Å². The molecule has 6 N–H and O–H groups in total. The van der Waals surface area contributed by atoms with Gasteiger partial charge in [0.1, 0.15) is 0 Å². The number of aliphatic carboxylic acids is 2. The Morgan fingerprint density at radius 1 is 0.765 bits per heavy atom. The van der Waals surface area contributed by atoms with E-state index in [0.717, 1.165) is 13.8 Å². The smallest absolute Gasteiger partial charge is 0.300 e. The van der Waals surface area contributed by atoms with Gasteiger partial charge in [0.15, 0.2) is 0 Å². The number of carbonyl (C=O) groups is 2. The molecule has 0 aromatic heterocycles. The lowest BCUT2D eigenvalue weighted by molar-refractivity contribution is -0.135. The molecule has 0 aliphatic carbocycles. The summed E-state index contributed by atoms with van der Waals surface area (Å²) in [6.07, 6.45) is 0. The predicted octanol–water partition coefficient (Wildman–Crippen LogP) is -1.88. The lowest BCUT2D eigenvalue weighted by Crippen LogP contribution is -2.37. The molecule has 0 rings (SSSR count). The summed E-state index contributed by atoms with van der Waals surface area (Å²) in [5.41, 5.74) is -1.11. The number of carboxylic acids is 2. The molecule has 0 aromatic rings. The molecule has 0 radical (unpaired) electrons. The van der Waals surface area contributed by atoms with Crippen LogP contribution < -0.4 is 0 Å². The predicted molar refractivity (Wildman–Crippen MR) is 57.4 cm³/mol. The molecule has 0 fully saturated rings. The Bertz CT molecular complexity index is 162. The van der Waals surface area contributed by atoms with Crippen molar-refractivity contribution >= 4 is 11.9 Å². The van der Waals surface area contributed by atoms with Crippen molar-refractivity contribution in [2.45, 2.75) is 13.8 Å². The summed E-state index contributed by atoms with van der Waals surface area (Å²) in [5, 5.41) is 48.8. The Kier molecular flexibility index (Phi) is 16.0. The molecule has 8 heteroatoms. The molecule has 0 unspecified atom stereocenters. The van der Waals surface area contributed by atoms with Gasteiger partial charge in [0.2, 0.25) is 0 Å². The zero-order valence-corrected chi connectivity index (χ0v) is 9.83. The van der Waals surface area contributed by atoms with Crippen LogP contribution in [-0.4, -0.2) is 69.0 Å². The van der Waals surface area contributed by atoms with Crippen molar-refractivity contribution < 1.29 is 40.2 Å². The topological polar surface area (TPSA) is 156 Å². The highest BCUT2D eigenvalue weighted by molar-refractivity contribution is 5.63. The number of hydrogen-bond acceptors (Lipinski definition) is 6. The molecule has 0 saturated carbocycles. The first-order valence-electron chi connectivity index (χ1n) is 4.53. The van der Waals surface area contributed by atoms with Crippen molar-refractivity contribution in [2.24, 2.45) is 5.41 Å². The zero-order chi connectivity index (χ0) is 14.5. The van der Waals surface area contributed by atoms with E-state index in [1.54, 1.807) is 0 Å². The van der Waals surface area contributed by atoms with E-state index in [4.69, 9.17) is 40.2 Å². The van der Waals surface area contributed by atoms with Crippen LogP contribution in [-0.2, 0) is 9.59 Å². The first-order valence-corrected chi connectivity index (χ1v) is 4.53. The summed E-state index contributed by atoms with van der Waals surface area (Å²) in [6, 6.07) is 0. The molecule has 0 atom stereocenters. The summed E-state index contributed by atoms with van der Waals surface area (Å²) in [6.45, 7) is 0.542. The lowest BCUT2D eigenvalue weighted by atomic mass is 9.93. The third kappa shape index (κ3) is 20.8. The van der Waals surface area contributed by atoms with Gasteiger partial charge in [0, 0.05) is 13.8 Å². The Morgan fingerprint density at radius 3 is 0.882 bits per heavy atom. The van der Waals surface area contributed by atoms with E-state index in [1.807, 2.05) is 0 Å². The molecular weight excluding hydrogens is 236 g/mol. The standard InChI is InChI=1S/C5H12O4.2C2H4O2/c6-1-5(2-7,3-8)4-9;2*1-2(3)4/h6-9H,1-4H2;2*1H3,(H,3,4). The molecule has 0 saturated heterocycles. The molecule has 0 aliphatic heterocycles. The Hall–Kier alpha value is -1.22. The lowest BCUT2D eigenvalue weighted by Gasteiger charge is -2.23. The van der Waals surface area contributed by atoms with E-state index in [9.17, 15) is 0 Å². The highest BCUT2D eigenvalue weighted by Gasteiger charge is 2.26. The van der Waals surface area contributed by atoms with Gasteiger partial charge in [0.05, 0.1) is 31.8 Å². The van der Waals surface area contributed by atoms with Crippen molar-refractivity contribution in [1.82, 2.24) is 0 Å². The van der Waals surface area contributed by atoms with E-state index in [2.05, 4.69) is 0 Å². The van der Waals surface area contributed by atoms with E-state index in [0.29, 0.717) is 0 Å². The molecule has 0 spiro atoms. The third-order valence-electron chi connectivity index (χ3n) is 1.34. The maximum atomic E-state index is 9.00. The van der Waals surface area contributed by atoms with Gasteiger partial charge in [0.25, 0.3) is 11.9 Å². The molecular formula is C9H20O8. The van der Waals surface area contributed by atoms with Crippen molar-refractivity contribution in [3.05, 3.63) is 0 Å². The summed E-state index contributed by atoms with van der Waals surface area (Å²) < 4.78 is 0. The number of aliphatic hydroxyl groups excluding tert-OH is 4. The second-order valence-corrected chi connectivity index (χ2v) is 3.17. The highest BCUT2D eigenvalue weighted by atomic mass is 16.4. The van der Waals surface area contributed by atoms with Crippen LogP contribution in [0, 0.1) is 5.41 Å². The van der Waals surface area contributed by atoms with Crippen LogP contribution in [0.5, 0.6) is 0 Å². The van der Waals surface area contributed by atoms with Gasteiger partial charge in [-0.1, -0.05) is 0 Å². The summed E-state index contributed by atoms with van der Waals surface area (Å²) in [5.74, 6) is -1.67. The van der Waals surface area contributed by atoms with Crippen LogP contribution in [0.15, 0.2) is 0 Å². The second-order valence-electron chi connectivity index (χ2n) is 3.17. The molecule has 17 heavy (non-hydrogen) atoms. The van der Waals surface area contributed by atoms with E-state index < -0.39 is 43.8 Å². The monoisotopic (exact) mass is 256 g/mol. The van der Waals surface area contributed by atoms with Gasteiger partial charge < -0.3 is 30.6 Å². The average Bonchev–Trinajstić information content (AvgIpc) is 2.20. The quantitative estimate of drug-likeness (QED) is 0.341. The fourth-order valence-corrected chi connectivity index (χ4v) is 0.300. The zero-order valence-electron chi connectivity index (χ0n) is 9.83. The number of aliphatic hydroxyl groups is 4. The van der Waals surface area contributed by atoms with Crippen LogP contribution in [0.25, 0.3) is 0 Å². The van der Waals surface area contributed by atoms with Gasteiger partial charge in [-0.3, -0.25) is 9.59 Å². The highest BCUT2D eigenvalue weighted by Crippen LogP contribution is 2.11. The number of hydrogen-bond donors (Lipinski definition) is 6. The fourth-order valence-electron chi connectivity index (χ4n) is 0.300. The Morgan fingerprint density at radius 2 is 0.882 bits per heavy atom. The maximum absolute atomic E-state index is 9.00. The minimum absolute atomic E-state index is 0.406. The summed E-state index contributed by atoms with van der Waals surface area (Å²) in [7, 11) is 0. The van der Waals surface area contributed by atoms with Crippen LogP contribution in [0.1, 0.15) is 13.8 Å².